The van der Waals surface area contributed by atoms with Crippen LogP contribution in [-0.2, 0) is 70.7 Å². The second-order valence-electron chi connectivity index (χ2n) is 22.5. The molecule has 434 valence electrons. The number of ether oxygens (including phenoxy) is 1. The van der Waals surface area contributed by atoms with Gasteiger partial charge in [-0.25, -0.2) is 17.9 Å². The van der Waals surface area contributed by atoms with Crippen LogP contribution < -0.4 is 36.6 Å². The van der Waals surface area contributed by atoms with Crippen molar-refractivity contribution in [1.82, 2.24) is 41.1 Å². The molecule has 3 aromatic rings. The van der Waals surface area contributed by atoms with Gasteiger partial charge in [0.1, 0.15) is 18.7 Å². The second-order valence-corrected chi connectivity index (χ2v) is 24.1. The molecule has 3 atom stereocenters. The van der Waals surface area contributed by atoms with Crippen molar-refractivity contribution >= 4 is 69.1 Å². The van der Waals surface area contributed by atoms with Gasteiger partial charge in [-0.2, -0.15) is 0 Å². The third kappa shape index (κ3) is 17.5. The summed E-state index contributed by atoms with van der Waals surface area (Å²) >= 11 is 0. The van der Waals surface area contributed by atoms with E-state index in [1.54, 1.807) is 57.3 Å². The molecular weight excluding hydrogens is 1050 g/mol. The summed E-state index contributed by atoms with van der Waals surface area (Å²) in [6.45, 7) is 14.2. The van der Waals surface area contributed by atoms with E-state index in [0.717, 1.165) is 5.56 Å². The number of anilines is 1. The number of imide groups is 1. The van der Waals surface area contributed by atoms with Gasteiger partial charge in [0.05, 0.1) is 23.0 Å². The van der Waals surface area contributed by atoms with E-state index in [4.69, 9.17) is 4.74 Å². The van der Waals surface area contributed by atoms with E-state index in [-0.39, 0.29) is 79.0 Å². The summed E-state index contributed by atoms with van der Waals surface area (Å²) in [5, 5.41) is 16.9. The van der Waals surface area contributed by atoms with Gasteiger partial charge in [0.2, 0.25) is 41.4 Å². The first-order valence-corrected chi connectivity index (χ1v) is 28.4. The minimum Gasteiger partial charge on any atom is -0.445 e. The van der Waals surface area contributed by atoms with Crippen LogP contribution in [0.2, 0.25) is 0 Å². The minimum absolute atomic E-state index is 0.0402. The zero-order valence-electron chi connectivity index (χ0n) is 47.6. The van der Waals surface area contributed by atoms with Crippen molar-refractivity contribution in [3.63, 3.8) is 0 Å². The van der Waals surface area contributed by atoms with Crippen molar-refractivity contribution in [2.24, 2.45) is 11.3 Å². The lowest BCUT2D eigenvalue weighted by Crippen LogP contribution is -2.60. The zero-order valence-corrected chi connectivity index (χ0v) is 48.4. The molecule has 80 heavy (non-hydrogen) atoms. The molecule has 22 heteroatoms. The first-order valence-electron chi connectivity index (χ1n) is 26.9. The normalized spacial score (nSPS) is 15.5. The first kappa shape index (κ1) is 63.4. The van der Waals surface area contributed by atoms with Gasteiger partial charge in [-0.3, -0.25) is 43.3 Å². The Hall–Kier alpha value is -7.46. The van der Waals surface area contributed by atoms with Crippen molar-refractivity contribution < 1.29 is 56.3 Å². The molecule has 3 aromatic carbocycles. The monoisotopic (exact) mass is 1130 g/mol. The van der Waals surface area contributed by atoms with Crippen molar-refractivity contribution in [3.8, 4) is 0 Å². The number of benzene rings is 3. The van der Waals surface area contributed by atoms with Crippen LogP contribution in [0, 0.1) is 11.3 Å². The van der Waals surface area contributed by atoms with Gasteiger partial charge in [0.15, 0.2) is 0 Å². The fraction of sp³-hybridized carbons (Fsp3) is 0.500. The molecule has 2 fully saturated rings. The average Bonchev–Trinajstić information content (AvgIpc) is 4.12. The van der Waals surface area contributed by atoms with Crippen LogP contribution in [0.15, 0.2) is 95.4 Å². The highest BCUT2D eigenvalue weighted by Gasteiger charge is 2.46. The molecule has 1 aliphatic heterocycles. The summed E-state index contributed by atoms with van der Waals surface area (Å²) in [6, 6.07) is 19.4. The number of carbonyl (C=O) groups excluding carboxylic acids is 9. The number of nitrogens with one attached hydrogen (secondary N) is 7. The standard InChI is InChI=1S/C58H79N9O12S/c1-37(2)48(62-44(68)19-15-12-16-33-67-46(70)28-29-47(67)71)52(73)60-35-45(69)61-42-24-20-39(21-25-42)36-79-55(76)64-58(31-32-58)41-22-26-43(27-23-41)80(77,78)65-51(72)38(3)30-34-66(10)54(75)50(56(4,5)6)63-53(74)49(59-9)57(7,8)40-17-13-11-14-18-40/h11,13-14,17-18,20-27,30,37,48-50,59H,12,15-16,19,28-29,31-36H2,1-10H3,(H,60,73)(H,61,69)(H,62,68)(H,63,74)(H,64,76)(H,65,72)/b38-30+/t48?,49-,50-/m1/s1. The number of hydrogen-bond donors (Lipinski definition) is 7. The van der Waals surface area contributed by atoms with E-state index in [2.05, 4.69) is 36.6 Å². The molecule has 0 radical (unpaired) electrons. The summed E-state index contributed by atoms with van der Waals surface area (Å²) in [6.07, 6.45) is 4.22. The number of amides is 9. The SMILES string of the molecule is CN[C@H](C(=O)N[C@H](C(=O)N(C)C/C=C(\C)C(=O)NS(=O)(=O)c1ccc(C2(NC(=O)OCc3ccc(NC(=O)CNC(=O)C(NC(=O)CCCCCN4C(=O)CCC4=O)C(C)C)cc3)CC2)cc1)C(C)(C)C)C(C)(C)c1ccccc1. The Labute approximate surface area is 469 Å². The number of nitrogens with zero attached hydrogens (tertiary/aromatic N) is 2. The predicted molar refractivity (Wildman–Crippen MR) is 300 cm³/mol. The third-order valence-corrected chi connectivity index (χ3v) is 15.7. The Morgan fingerprint density at radius 2 is 1.41 bits per heavy atom. The van der Waals surface area contributed by atoms with E-state index in [9.17, 15) is 51.6 Å². The quantitative estimate of drug-likeness (QED) is 0.0307. The van der Waals surface area contributed by atoms with Crippen molar-refractivity contribution in [3.05, 3.63) is 107 Å². The largest absolute Gasteiger partial charge is 0.445 e. The molecule has 2 aliphatic rings. The number of alkyl carbamates (subject to hydrolysis) is 1. The Bertz CT molecular complexity index is 2860. The van der Waals surface area contributed by atoms with E-state index < -0.39 is 74.2 Å². The zero-order chi connectivity index (χ0) is 59.2. The number of likely N-dealkylation sites (tertiary alicyclic amines) is 1. The van der Waals surface area contributed by atoms with Crippen LogP contribution >= 0.6 is 0 Å². The molecule has 21 nitrogen and oxygen atoms in total. The number of unbranched alkanes of at least 4 members (excludes halogenated alkanes) is 2. The second kappa shape index (κ2) is 27.6. The molecule has 7 N–H and O–H groups in total. The van der Waals surface area contributed by atoms with E-state index >= 15 is 0 Å². The maximum Gasteiger partial charge on any atom is 0.408 e. The number of likely N-dealkylation sites (N-methyl/N-ethyl adjacent to an activating group) is 2. The van der Waals surface area contributed by atoms with E-state index in [1.807, 2.05) is 65.0 Å². The van der Waals surface area contributed by atoms with E-state index in [1.165, 1.54) is 42.0 Å². The first-order chi connectivity index (χ1) is 37.6. The van der Waals surface area contributed by atoms with Crippen molar-refractivity contribution in [2.75, 3.05) is 39.0 Å². The van der Waals surface area contributed by atoms with Gasteiger partial charge in [0, 0.05) is 56.1 Å². The highest BCUT2D eigenvalue weighted by molar-refractivity contribution is 7.90. The molecule has 5 rings (SSSR count). The van der Waals surface area contributed by atoms with Gasteiger partial charge in [0.25, 0.3) is 15.9 Å². The minimum atomic E-state index is -4.34. The van der Waals surface area contributed by atoms with Gasteiger partial charge < -0.3 is 41.5 Å². The Kier molecular flexibility index (Phi) is 21.9. The molecule has 1 saturated carbocycles. The van der Waals surface area contributed by atoms with Crippen molar-refractivity contribution in [2.45, 2.75) is 147 Å². The number of carbonyl (C=O) groups is 9. The summed E-state index contributed by atoms with van der Waals surface area (Å²) in [4.78, 5) is 118. The lowest BCUT2D eigenvalue weighted by Gasteiger charge is -2.38. The van der Waals surface area contributed by atoms with Crippen LogP contribution in [0.4, 0.5) is 10.5 Å². The van der Waals surface area contributed by atoms with Crippen LogP contribution in [0.1, 0.15) is 123 Å². The highest BCUT2D eigenvalue weighted by atomic mass is 32.2. The lowest BCUT2D eigenvalue weighted by molar-refractivity contribution is -0.139. The Morgan fingerprint density at radius 3 is 1.99 bits per heavy atom. The number of sulfonamides is 1. The van der Waals surface area contributed by atoms with Gasteiger partial charge >= 0.3 is 6.09 Å². The average molecular weight is 1130 g/mol. The smallest absolute Gasteiger partial charge is 0.408 e. The number of rotatable bonds is 27. The summed E-state index contributed by atoms with van der Waals surface area (Å²) in [5.74, 6) is -3.61. The van der Waals surface area contributed by atoms with Gasteiger partial charge in [-0.1, -0.05) is 116 Å². The maximum atomic E-state index is 13.9. The van der Waals surface area contributed by atoms with Gasteiger partial charge in [-0.15, -0.1) is 0 Å². The van der Waals surface area contributed by atoms with Crippen LogP contribution in [-0.4, -0.2) is 123 Å². The summed E-state index contributed by atoms with van der Waals surface area (Å²) in [7, 11) is -1.11. The van der Waals surface area contributed by atoms with E-state index in [0.29, 0.717) is 55.5 Å². The van der Waals surface area contributed by atoms with Crippen LogP contribution in [0.25, 0.3) is 0 Å². The molecule has 0 aromatic heterocycles. The Balaban J connectivity index is 1.04. The fourth-order valence-corrected chi connectivity index (χ4v) is 10.2. The Morgan fingerprint density at radius 1 is 0.787 bits per heavy atom. The maximum absolute atomic E-state index is 13.9. The highest BCUT2D eigenvalue weighted by Crippen LogP contribution is 2.45. The molecule has 1 heterocycles. The van der Waals surface area contributed by atoms with Crippen molar-refractivity contribution in [1.29, 1.82) is 0 Å². The molecule has 0 bridgehead atoms. The summed E-state index contributed by atoms with van der Waals surface area (Å²) < 4.78 is 34.3. The van der Waals surface area contributed by atoms with Crippen LogP contribution in [0.5, 0.6) is 0 Å². The molecule has 1 aliphatic carbocycles. The summed E-state index contributed by atoms with van der Waals surface area (Å²) in [5.41, 5.74) is 0.534. The molecule has 1 unspecified atom stereocenters. The topological polar surface area (TPSA) is 288 Å². The van der Waals surface area contributed by atoms with Crippen LogP contribution in [0.3, 0.4) is 0 Å². The predicted octanol–water partition coefficient (Wildman–Crippen LogP) is 4.81. The molecular formula is C58H79N9O12S. The van der Waals surface area contributed by atoms with Gasteiger partial charge in [-0.05, 0) is 91.9 Å². The third-order valence-electron chi connectivity index (χ3n) is 14.4. The lowest BCUT2D eigenvalue weighted by atomic mass is 9.76. The fourth-order valence-electron chi connectivity index (χ4n) is 9.16. The molecule has 1 saturated heterocycles. The molecule has 0 spiro atoms. The molecule has 9 amide bonds. The number of hydrogen-bond acceptors (Lipinski definition) is 13.